The number of hydrogen-bond acceptors (Lipinski definition) is 2. The second-order valence-corrected chi connectivity index (χ2v) is 4.96. The number of anilines is 1. The van der Waals surface area contributed by atoms with Crippen LogP contribution in [0, 0.1) is 0 Å². The Morgan fingerprint density at radius 2 is 1.72 bits per heavy atom. The average Bonchev–Trinajstić information content (AvgIpc) is 2.41. The van der Waals surface area contributed by atoms with Crippen LogP contribution in [0.4, 0.5) is 5.69 Å². The van der Waals surface area contributed by atoms with Crippen LogP contribution in [0.1, 0.15) is 35.1 Å². The van der Waals surface area contributed by atoms with Gasteiger partial charge in [0.1, 0.15) is 0 Å². The molecular weight excluding hydrogens is 222 g/mol. The van der Waals surface area contributed by atoms with Crippen molar-refractivity contribution in [3.63, 3.8) is 0 Å². The molecule has 0 amide bonds. The molecule has 3 N–H and O–H groups in total. The monoisotopic (exact) mass is 239 g/mol. The van der Waals surface area contributed by atoms with E-state index in [9.17, 15) is 5.11 Å². The van der Waals surface area contributed by atoms with Crippen LogP contribution in [0.5, 0.6) is 0 Å². The van der Waals surface area contributed by atoms with Gasteiger partial charge in [0.2, 0.25) is 0 Å². The Morgan fingerprint density at radius 1 is 1.00 bits per heavy atom. The number of fused-ring (bicyclic) bond motifs is 1. The molecule has 3 rings (SSSR count). The lowest BCUT2D eigenvalue weighted by Gasteiger charge is -2.30. The highest BCUT2D eigenvalue weighted by Crippen LogP contribution is 2.40. The Kier molecular flexibility index (Phi) is 2.80. The molecular formula is C16H17NO. The van der Waals surface area contributed by atoms with E-state index >= 15 is 0 Å². The van der Waals surface area contributed by atoms with Crippen LogP contribution in [-0.2, 0) is 6.42 Å². The fraction of sp³-hybridized carbons (Fsp3) is 0.250. The summed E-state index contributed by atoms with van der Waals surface area (Å²) in [6.07, 6.45) is 1.61. The largest absolute Gasteiger partial charge is 0.399 e. The molecule has 1 aliphatic rings. The zero-order chi connectivity index (χ0) is 12.5. The van der Waals surface area contributed by atoms with Gasteiger partial charge in [-0.25, -0.2) is 0 Å². The summed E-state index contributed by atoms with van der Waals surface area (Å²) < 4.78 is 0. The fourth-order valence-electron chi connectivity index (χ4n) is 2.83. The number of nitrogen functional groups attached to an aromatic ring is 1. The second-order valence-electron chi connectivity index (χ2n) is 4.96. The van der Waals surface area contributed by atoms with Gasteiger partial charge in [0.25, 0.3) is 0 Å². The van der Waals surface area contributed by atoms with Crippen molar-refractivity contribution in [3.05, 3.63) is 65.2 Å². The van der Waals surface area contributed by atoms with Gasteiger partial charge in [0.15, 0.2) is 0 Å². The first kappa shape index (κ1) is 11.3. The number of nitrogens with two attached hydrogens (primary N) is 1. The van der Waals surface area contributed by atoms with Gasteiger partial charge in [-0.3, -0.25) is 0 Å². The first-order chi connectivity index (χ1) is 8.75. The minimum atomic E-state index is -0.404. The standard InChI is InChI=1S/C16H17NO/c17-13-8-5-12(6-9-13)15-10-7-11-3-1-2-4-14(11)16(15)18/h1-6,8-9,15-16,18H,7,10,17H2/t15-,16+/m0/s1. The molecule has 2 heteroatoms. The normalized spacial score (nSPS) is 22.5. The van der Waals surface area contributed by atoms with Gasteiger partial charge in [-0.2, -0.15) is 0 Å². The van der Waals surface area contributed by atoms with Crippen molar-refractivity contribution in [2.24, 2.45) is 0 Å². The molecule has 2 nitrogen and oxygen atoms in total. The third kappa shape index (κ3) is 1.89. The van der Waals surface area contributed by atoms with Gasteiger partial charge in [0, 0.05) is 11.6 Å². The molecule has 0 radical (unpaired) electrons. The van der Waals surface area contributed by atoms with Crippen LogP contribution < -0.4 is 5.73 Å². The van der Waals surface area contributed by atoms with E-state index in [1.165, 1.54) is 11.1 Å². The van der Waals surface area contributed by atoms with Crippen molar-refractivity contribution in [1.29, 1.82) is 0 Å². The molecule has 2 aromatic carbocycles. The van der Waals surface area contributed by atoms with E-state index in [0.29, 0.717) is 0 Å². The van der Waals surface area contributed by atoms with Crippen LogP contribution in [-0.4, -0.2) is 5.11 Å². The van der Waals surface area contributed by atoms with Crippen LogP contribution in [0.15, 0.2) is 48.5 Å². The van der Waals surface area contributed by atoms with E-state index in [2.05, 4.69) is 6.07 Å². The van der Waals surface area contributed by atoms with Gasteiger partial charge in [-0.15, -0.1) is 0 Å². The van der Waals surface area contributed by atoms with Crippen molar-refractivity contribution in [3.8, 4) is 0 Å². The van der Waals surface area contributed by atoms with Crippen LogP contribution >= 0.6 is 0 Å². The summed E-state index contributed by atoms with van der Waals surface area (Å²) >= 11 is 0. The molecule has 2 atom stereocenters. The Morgan fingerprint density at radius 3 is 2.50 bits per heavy atom. The molecule has 0 fully saturated rings. The number of rotatable bonds is 1. The third-order valence-corrected chi connectivity index (χ3v) is 3.84. The quantitative estimate of drug-likeness (QED) is 0.751. The summed E-state index contributed by atoms with van der Waals surface area (Å²) in [6, 6.07) is 16.0. The average molecular weight is 239 g/mol. The molecule has 0 aromatic heterocycles. The van der Waals surface area contributed by atoms with Crippen molar-refractivity contribution in [1.82, 2.24) is 0 Å². The van der Waals surface area contributed by atoms with E-state index in [0.717, 1.165) is 24.1 Å². The summed E-state index contributed by atoms with van der Waals surface area (Å²) in [5.41, 5.74) is 9.99. The molecule has 0 heterocycles. The van der Waals surface area contributed by atoms with E-state index in [1.807, 2.05) is 42.5 Å². The molecule has 1 aliphatic carbocycles. The number of benzene rings is 2. The van der Waals surface area contributed by atoms with Crippen molar-refractivity contribution in [2.45, 2.75) is 24.9 Å². The summed E-state index contributed by atoms with van der Waals surface area (Å²) in [5.74, 6) is 0.181. The zero-order valence-electron chi connectivity index (χ0n) is 10.2. The van der Waals surface area contributed by atoms with Gasteiger partial charge in [-0.05, 0) is 41.7 Å². The van der Waals surface area contributed by atoms with Crippen molar-refractivity contribution in [2.75, 3.05) is 5.73 Å². The third-order valence-electron chi connectivity index (χ3n) is 3.84. The van der Waals surface area contributed by atoms with Crippen LogP contribution in [0.2, 0.25) is 0 Å². The molecule has 2 aromatic rings. The Labute approximate surface area is 107 Å². The number of hydrogen-bond donors (Lipinski definition) is 2. The maximum atomic E-state index is 10.5. The number of aliphatic hydroxyl groups is 1. The molecule has 0 spiro atoms. The Hall–Kier alpha value is -1.80. The molecule has 18 heavy (non-hydrogen) atoms. The maximum absolute atomic E-state index is 10.5. The van der Waals surface area contributed by atoms with Gasteiger partial charge in [0.05, 0.1) is 6.10 Å². The molecule has 0 saturated heterocycles. The number of aryl methyl sites for hydroxylation is 1. The smallest absolute Gasteiger partial charge is 0.0861 e. The lowest BCUT2D eigenvalue weighted by molar-refractivity contribution is 0.131. The predicted octanol–water partition coefficient (Wildman–Crippen LogP) is 3.03. The first-order valence-electron chi connectivity index (χ1n) is 6.37. The minimum absolute atomic E-state index is 0.181. The molecule has 0 unspecified atom stereocenters. The molecule has 0 bridgehead atoms. The van der Waals surface area contributed by atoms with Gasteiger partial charge in [-0.1, -0.05) is 36.4 Å². The first-order valence-corrected chi connectivity index (χ1v) is 6.37. The highest BCUT2D eigenvalue weighted by Gasteiger charge is 2.28. The Balaban J connectivity index is 1.95. The topological polar surface area (TPSA) is 46.2 Å². The second kappa shape index (κ2) is 4.46. The minimum Gasteiger partial charge on any atom is -0.399 e. The van der Waals surface area contributed by atoms with E-state index in [1.54, 1.807) is 0 Å². The summed E-state index contributed by atoms with van der Waals surface area (Å²) in [6.45, 7) is 0. The van der Waals surface area contributed by atoms with Crippen LogP contribution in [0.3, 0.4) is 0 Å². The number of aliphatic hydroxyl groups excluding tert-OH is 1. The Bertz CT molecular complexity index is 547. The maximum Gasteiger partial charge on any atom is 0.0861 e. The van der Waals surface area contributed by atoms with Gasteiger partial charge >= 0.3 is 0 Å². The van der Waals surface area contributed by atoms with E-state index in [4.69, 9.17) is 5.73 Å². The molecule has 92 valence electrons. The van der Waals surface area contributed by atoms with Gasteiger partial charge < -0.3 is 10.8 Å². The molecule has 0 saturated carbocycles. The van der Waals surface area contributed by atoms with E-state index in [-0.39, 0.29) is 5.92 Å². The summed E-state index contributed by atoms with van der Waals surface area (Å²) in [5, 5.41) is 10.5. The SMILES string of the molecule is Nc1ccc([C@@H]2CCc3ccccc3[C@H]2O)cc1. The lowest BCUT2D eigenvalue weighted by atomic mass is 9.78. The van der Waals surface area contributed by atoms with Crippen molar-refractivity contribution >= 4 is 5.69 Å². The molecule has 0 aliphatic heterocycles. The zero-order valence-corrected chi connectivity index (χ0v) is 10.2. The highest BCUT2D eigenvalue weighted by molar-refractivity contribution is 5.42. The van der Waals surface area contributed by atoms with Crippen LogP contribution in [0.25, 0.3) is 0 Å². The predicted molar refractivity (Wildman–Crippen MR) is 73.3 cm³/mol. The summed E-state index contributed by atoms with van der Waals surface area (Å²) in [7, 11) is 0. The lowest BCUT2D eigenvalue weighted by Crippen LogP contribution is -2.18. The fourth-order valence-corrected chi connectivity index (χ4v) is 2.83. The highest BCUT2D eigenvalue weighted by atomic mass is 16.3. The van der Waals surface area contributed by atoms with E-state index < -0.39 is 6.10 Å². The summed E-state index contributed by atoms with van der Waals surface area (Å²) in [4.78, 5) is 0. The van der Waals surface area contributed by atoms with Crippen molar-refractivity contribution < 1.29 is 5.11 Å².